The molecule has 1 aliphatic rings. The number of carbonyl (C=O) groups excluding carboxylic acids is 1. The highest BCUT2D eigenvalue weighted by Crippen LogP contribution is 2.30. The quantitative estimate of drug-likeness (QED) is 0.713. The van der Waals surface area contributed by atoms with Gasteiger partial charge in [0.1, 0.15) is 5.82 Å². The molecule has 0 atom stereocenters. The summed E-state index contributed by atoms with van der Waals surface area (Å²) < 4.78 is 12.9. The number of benzene rings is 1. The van der Waals surface area contributed by atoms with Crippen LogP contribution in [0.5, 0.6) is 0 Å². The molecule has 4 nitrogen and oxygen atoms in total. The molecule has 1 saturated carbocycles. The van der Waals surface area contributed by atoms with Gasteiger partial charge in [-0.3, -0.25) is 9.59 Å². The molecule has 5 heteroatoms. The summed E-state index contributed by atoms with van der Waals surface area (Å²) in [5.41, 5.74) is 0.918. The normalized spacial score (nSPS) is 13.9. The van der Waals surface area contributed by atoms with E-state index in [0.717, 1.165) is 24.9 Å². The second-order valence-electron chi connectivity index (χ2n) is 5.94. The predicted octanol–water partition coefficient (Wildman–Crippen LogP) is 3.21. The van der Waals surface area contributed by atoms with Crippen LogP contribution in [0.15, 0.2) is 24.3 Å². The van der Waals surface area contributed by atoms with Gasteiger partial charge in [0.25, 0.3) is 0 Å². The topological polar surface area (TPSA) is 57.6 Å². The molecular formula is C17H22FNO3. The molecule has 2 rings (SSSR count). The molecule has 1 aromatic rings. The average Bonchev–Trinajstić information content (AvgIpc) is 3.29. The van der Waals surface area contributed by atoms with Crippen molar-refractivity contribution in [2.75, 3.05) is 6.54 Å². The summed E-state index contributed by atoms with van der Waals surface area (Å²) in [7, 11) is 0. The summed E-state index contributed by atoms with van der Waals surface area (Å²) in [4.78, 5) is 24.6. The lowest BCUT2D eigenvalue weighted by molar-refractivity contribution is -0.137. The van der Waals surface area contributed by atoms with E-state index in [4.69, 9.17) is 5.11 Å². The molecule has 0 heterocycles. The second-order valence-corrected chi connectivity index (χ2v) is 5.94. The molecule has 0 aliphatic heterocycles. The molecule has 0 bridgehead atoms. The smallest absolute Gasteiger partial charge is 0.303 e. The highest BCUT2D eigenvalue weighted by Gasteiger charge is 2.26. The number of nitrogens with zero attached hydrogens (tertiary/aromatic N) is 1. The first kappa shape index (κ1) is 16.5. The van der Waals surface area contributed by atoms with Gasteiger partial charge in [-0.2, -0.15) is 0 Å². The molecule has 120 valence electrons. The Morgan fingerprint density at radius 1 is 1.14 bits per heavy atom. The van der Waals surface area contributed by atoms with Crippen LogP contribution in [0, 0.1) is 11.7 Å². The Hall–Kier alpha value is -1.91. The monoisotopic (exact) mass is 307 g/mol. The number of rotatable bonds is 9. The van der Waals surface area contributed by atoms with Crippen molar-refractivity contribution in [3.8, 4) is 0 Å². The van der Waals surface area contributed by atoms with E-state index >= 15 is 0 Å². The van der Waals surface area contributed by atoms with Gasteiger partial charge in [-0.1, -0.05) is 12.1 Å². The molecule has 1 fully saturated rings. The molecular weight excluding hydrogens is 285 g/mol. The van der Waals surface area contributed by atoms with Crippen LogP contribution >= 0.6 is 0 Å². The number of hydrogen-bond donors (Lipinski definition) is 1. The highest BCUT2D eigenvalue weighted by atomic mass is 19.1. The first-order valence-electron chi connectivity index (χ1n) is 7.78. The number of hydrogen-bond acceptors (Lipinski definition) is 2. The van der Waals surface area contributed by atoms with Crippen LogP contribution in [-0.4, -0.2) is 28.4 Å². The third kappa shape index (κ3) is 5.84. The lowest BCUT2D eigenvalue weighted by Crippen LogP contribution is -2.32. The number of carbonyl (C=O) groups is 2. The molecule has 0 radical (unpaired) electrons. The number of carboxylic acid groups (broad SMARTS) is 1. The molecule has 1 aromatic carbocycles. The first-order valence-corrected chi connectivity index (χ1v) is 7.78. The summed E-state index contributed by atoms with van der Waals surface area (Å²) in [5.74, 6) is -0.462. The molecule has 0 saturated heterocycles. The van der Waals surface area contributed by atoms with Crippen molar-refractivity contribution in [2.45, 2.75) is 45.1 Å². The van der Waals surface area contributed by atoms with Crippen LogP contribution in [0.2, 0.25) is 0 Å². The van der Waals surface area contributed by atoms with Crippen LogP contribution in [-0.2, 0) is 16.1 Å². The summed E-state index contributed by atoms with van der Waals surface area (Å²) >= 11 is 0. The van der Waals surface area contributed by atoms with E-state index in [0.29, 0.717) is 31.7 Å². The maximum absolute atomic E-state index is 12.9. The third-order valence-corrected chi connectivity index (χ3v) is 3.85. The number of aliphatic carboxylic acids is 1. The van der Waals surface area contributed by atoms with Crippen molar-refractivity contribution in [3.05, 3.63) is 35.6 Å². The number of carboxylic acids is 1. The Kier molecular flexibility index (Phi) is 5.92. The van der Waals surface area contributed by atoms with Gasteiger partial charge < -0.3 is 10.0 Å². The van der Waals surface area contributed by atoms with Gasteiger partial charge in [-0.25, -0.2) is 4.39 Å². The largest absolute Gasteiger partial charge is 0.481 e. The zero-order chi connectivity index (χ0) is 15.9. The fourth-order valence-corrected chi connectivity index (χ4v) is 2.39. The number of unbranched alkanes of at least 4 members (excludes halogenated alkanes) is 1. The standard InChI is InChI=1S/C17H22FNO3/c18-15-9-7-14(8-10-15)12-19(11-13-5-6-13)16(20)3-1-2-4-17(21)22/h7-10,13H,1-6,11-12H2,(H,21,22). The van der Waals surface area contributed by atoms with Crippen molar-refractivity contribution >= 4 is 11.9 Å². The first-order chi connectivity index (χ1) is 10.5. The van der Waals surface area contributed by atoms with Crippen LogP contribution < -0.4 is 0 Å². The van der Waals surface area contributed by atoms with Gasteiger partial charge in [0.05, 0.1) is 0 Å². The van der Waals surface area contributed by atoms with Gasteiger partial charge in [0.15, 0.2) is 0 Å². The molecule has 1 N–H and O–H groups in total. The van der Waals surface area contributed by atoms with Crippen LogP contribution in [0.3, 0.4) is 0 Å². The lowest BCUT2D eigenvalue weighted by atomic mass is 10.1. The Labute approximate surface area is 129 Å². The fourth-order valence-electron chi connectivity index (χ4n) is 2.39. The summed E-state index contributed by atoms with van der Waals surface area (Å²) in [6.07, 6.45) is 3.91. The van der Waals surface area contributed by atoms with Crippen molar-refractivity contribution in [2.24, 2.45) is 5.92 Å². The molecule has 0 aromatic heterocycles. The van der Waals surface area contributed by atoms with E-state index in [9.17, 15) is 14.0 Å². The van der Waals surface area contributed by atoms with Crippen molar-refractivity contribution in [3.63, 3.8) is 0 Å². The van der Waals surface area contributed by atoms with E-state index < -0.39 is 5.97 Å². The number of halogens is 1. The minimum atomic E-state index is -0.825. The molecule has 0 spiro atoms. The van der Waals surface area contributed by atoms with E-state index in [-0.39, 0.29) is 18.1 Å². The Balaban J connectivity index is 1.85. The van der Waals surface area contributed by atoms with Gasteiger partial charge in [-0.15, -0.1) is 0 Å². The van der Waals surface area contributed by atoms with Gasteiger partial charge in [-0.05, 0) is 49.3 Å². The fraction of sp³-hybridized carbons (Fsp3) is 0.529. The zero-order valence-corrected chi connectivity index (χ0v) is 12.6. The predicted molar refractivity (Wildman–Crippen MR) is 80.6 cm³/mol. The van der Waals surface area contributed by atoms with Crippen molar-refractivity contribution in [1.29, 1.82) is 0 Å². The van der Waals surface area contributed by atoms with Gasteiger partial charge in [0.2, 0.25) is 5.91 Å². The minimum absolute atomic E-state index is 0.0570. The summed E-state index contributed by atoms with van der Waals surface area (Å²) in [6.45, 7) is 1.24. The van der Waals surface area contributed by atoms with E-state index in [1.807, 2.05) is 4.90 Å². The molecule has 1 amide bonds. The second kappa shape index (κ2) is 7.92. The lowest BCUT2D eigenvalue weighted by Gasteiger charge is -2.23. The van der Waals surface area contributed by atoms with Gasteiger partial charge >= 0.3 is 5.97 Å². The molecule has 22 heavy (non-hydrogen) atoms. The Morgan fingerprint density at radius 3 is 2.36 bits per heavy atom. The van der Waals surface area contributed by atoms with Crippen LogP contribution in [0.4, 0.5) is 4.39 Å². The maximum Gasteiger partial charge on any atom is 0.303 e. The molecule has 0 unspecified atom stereocenters. The zero-order valence-electron chi connectivity index (χ0n) is 12.6. The van der Waals surface area contributed by atoms with E-state index in [1.165, 1.54) is 12.1 Å². The number of amides is 1. The summed E-state index contributed by atoms with van der Waals surface area (Å²) in [5, 5.41) is 8.61. The van der Waals surface area contributed by atoms with Crippen molar-refractivity contribution < 1.29 is 19.1 Å². The van der Waals surface area contributed by atoms with Crippen molar-refractivity contribution in [1.82, 2.24) is 4.90 Å². The summed E-state index contributed by atoms with van der Waals surface area (Å²) in [6, 6.07) is 6.21. The SMILES string of the molecule is O=C(O)CCCCC(=O)N(Cc1ccc(F)cc1)CC1CC1. The van der Waals surface area contributed by atoms with E-state index in [2.05, 4.69) is 0 Å². The highest BCUT2D eigenvalue weighted by molar-refractivity contribution is 5.76. The third-order valence-electron chi connectivity index (χ3n) is 3.85. The molecule has 1 aliphatic carbocycles. The average molecular weight is 307 g/mol. The van der Waals surface area contributed by atoms with Gasteiger partial charge in [0, 0.05) is 25.9 Å². The van der Waals surface area contributed by atoms with E-state index in [1.54, 1.807) is 12.1 Å². The van der Waals surface area contributed by atoms with Crippen LogP contribution in [0.25, 0.3) is 0 Å². The Morgan fingerprint density at radius 2 is 1.77 bits per heavy atom. The minimum Gasteiger partial charge on any atom is -0.481 e. The van der Waals surface area contributed by atoms with Crippen LogP contribution in [0.1, 0.15) is 44.1 Å². The Bertz CT molecular complexity index is 511. The maximum atomic E-state index is 12.9.